The van der Waals surface area contributed by atoms with E-state index in [1.165, 1.54) is 11.1 Å². The maximum absolute atomic E-state index is 12.4. The predicted octanol–water partition coefficient (Wildman–Crippen LogP) is 4.19. The number of carbonyl (C=O) groups excluding carboxylic acids is 1. The number of Topliss-reactive ketones (excluding diaryl/α,β-unsaturated/α-hetero) is 1. The first-order chi connectivity index (χ1) is 7.72. The van der Waals surface area contributed by atoms with E-state index in [1.807, 2.05) is 13.8 Å². The van der Waals surface area contributed by atoms with E-state index in [9.17, 15) is 4.79 Å². The lowest BCUT2D eigenvalue weighted by atomic mass is 9.83. The summed E-state index contributed by atoms with van der Waals surface area (Å²) in [5, 5.41) is 0. The standard InChI is InChI=1S/C15H20OS/c1-14(2,3)11-7-6-10-9-17-15(4,5)13(16)12(10)8-11/h6-8H,9H2,1-5H3. The molecule has 1 aromatic rings. The number of fused-ring (bicyclic) bond motifs is 1. The van der Waals surface area contributed by atoms with Gasteiger partial charge in [0.1, 0.15) is 0 Å². The lowest BCUT2D eigenvalue weighted by Crippen LogP contribution is -2.32. The number of hydrogen-bond acceptors (Lipinski definition) is 2. The summed E-state index contributed by atoms with van der Waals surface area (Å²) in [6.45, 7) is 10.6. The largest absolute Gasteiger partial charge is 0.293 e. The van der Waals surface area contributed by atoms with Gasteiger partial charge in [-0.25, -0.2) is 0 Å². The highest BCUT2D eigenvalue weighted by Gasteiger charge is 2.35. The van der Waals surface area contributed by atoms with Crippen LogP contribution in [0.25, 0.3) is 0 Å². The zero-order valence-corrected chi connectivity index (χ0v) is 12.1. The molecule has 1 aliphatic heterocycles. The number of rotatable bonds is 0. The Morgan fingerprint density at radius 2 is 1.88 bits per heavy atom. The van der Waals surface area contributed by atoms with Gasteiger partial charge >= 0.3 is 0 Å². The van der Waals surface area contributed by atoms with Crippen molar-refractivity contribution in [1.82, 2.24) is 0 Å². The van der Waals surface area contributed by atoms with Crippen LogP contribution < -0.4 is 0 Å². The van der Waals surface area contributed by atoms with Crippen LogP contribution >= 0.6 is 11.8 Å². The third kappa shape index (κ3) is 2.28. The maximum Gasteiger partial charge on any atom is 0.178 e. The number of benzene rings is 1. The van der Waals surface area contributed by atoms with E-state index in [-0.39, 0.29) is 15.9 Å². The summed E-state index contributed by atoms with van der Waals surface area (Å²) in [6.07, 6.45) is 0. The van der Waals surface area contributed by atoms with Crippen molar-refractivity contribution in [3.8, 4) is 0 Å². The summed E-state index contributed by atoms with van der Waals surface area (Å²) in [6, 6.07) is 6.38. The van der Waals surface area contributed by atoms with Crippen LogP contribution in [0.5, 0.6) is 0 Å². The van der Waals surface area contributed by atoms with Crippen molar-refractivity contribution in [2.45, 2.75) is 50.5 Å². The zero-order valence-electron chi connectivity index (χ0n) is 11.3. The molecule has 0 spiro atoms. The SMILES string of the molecule is CC1(C)SCc2ccc(C(C)(C)C)cc2C1=O. The molecule has 0 N–H and O–H groups in total. The van der Waals surface area contributed by atoms with Crippen LogP contribution in [0.3, 0.4) is 0 Å². The minimum absolute atomic E-state index is 0.101. The number of carbonyl (C=O) groups is 1. The molecule has 0 saturated heterocycles. The Balaban J connectivity index is 2.52. The van der Waals surface area contributed by atoms with Gasteiger partial charge in [-0.2, -0.15) is 0 Å². The third-order valence-electron chi connectivity index (χ3n) is 3.36. The molecule has 0 fully saturated rings. The Hall–Kier alpha value is -0.760. The summed E-state index contributed by atoms with van der Waals surface area (Å²) in [7, 11) is 0. The second-order valence-electron chi connectivity index (χ2n) is 6.25. The van der Waals surface area contributed by atoms with Crippen molar-refractivity contribution in [1.29, 1.82) is 0 Å². The summed E-state index contributed by atoms with van der Waals surface area (Å²) >= 11 is 1.73. The highest BCUT2D eigenvalue weighted by Crippen LogP contribution is 2.39. The molecule has 0 unspecified atom stereocenters. The van der Waals surface area contributed by atoms with E-state index < -0.39 is 0 Å². The molecule has 0 aromatic heterocycles. The monoisotopic (exact) mass is 248 g/mol. The Morgan fingerprint density at radius 1 is 1.24 bits per heavy atom. The van der Waals surface area contributed by atoms with Crippen molar-refractivity contribution < 1.29 is 4.79 Å². The number of ketones is 1. The first-order valence-electron chi connectivity index (χ1n) is 6.04. The molecule has 2 rings (SSSR count). The molecule has 0 amide bonds. The van der Waals surface area contributed by atoms with E-state index in [4.69, 9.17) is 0 Å². The van der Waals surface area contributed by atoms with Gasteiger partial charge in [-0.05, 0) is 36.5 Å². The summed E-state index contributed by atoms with van der Waals surface area (Å²) in [5.74, 6) is 1.22. The van der Waals surface area contributed by atoms with Gasteiger partial charge in [0, 0.05) is 11.3 Å². The van der Waals surface area contributed by atoms with E-state index in [0.29, 0.717) is 0 Å². The smallest absolute Gasteiger partial charge is 0.178 e. The fourth-order valence-corrected chi connectivity index (χ4v) is 3.04. The Labute approximate surface area is 108 Å². The van der Waals surface area contributed by atoms with Crippen LogP contribution in [0.15, 0.2) is 18.2 Å². The molecule has 0 atom stereocenters. The summed E-state index contributed by atoms with van der Waals surface area (Å²) in [4.78, 5) is 12.4. The molecular weight excluding hydrogens is 228 g/mol. The van der Waals surface area contributed by atoms with Crippen LogP contribution in [-0.4, -0.2) is 10.5 Å². The molecule has 0 bridgehead atoms. The fourth-order valence-electron chi connectivity index (χ4n) is 2.03. The molecule has 0 saturated carbocycles. The van der Waals surface area contributed by atoms with Gasteiger partial charge in [0.15, 0.2) is 5.78 Å². The van der Waals surface area contributed by atoms with Gasteiger partial charge in [0.2, 0.25) is 0 Å². The summed E-state index contributed by atoms with van der Waals surface area (Å²) < 4.78 is -0.274. The molecule has 0 radical (unpaired) electrons. The molecule has 1 aromatic carbocycles. The van der Waals surface area contributed by atoms with Crippen molar-refractivity contribution in [2.75, 3.05) is 0 Å². The minimum atomic E-state index is -0.274. The van der Waals surface area contributed by atoms with Gasteiger partial charge < -0.3 is 0 Å². The highest BCUT2D eigenvalue weighted by molar-refractivity contribution is 8.00. The van der Waals surface area contributed by atoms with Crippen molar-refractivity contribution in [3.05, 3.63) is 34.9 Å². The quantitative estimate of drug-likeness (QED) is 0.684. The Kier molecular flexibility index (Phi) is 2.89. The molecule has 2 heteroatoms. The van der Waals surface area contributed by atoms with Crippen molar-refractivity contribution in [2.24, 2.45) is 0 Å². The van der Waals surface area contributed by atoms with Crippen LogP contribution in [0, 0.1) is 0 Å². The topological polar surface area (TPSA) is 17.1 Å². The molecule has 1 heterocycles. The average molecular weight is 248 g/mol. The second kappa shape index (κ2) is 3.88. The van der Waals surface area contributed by atoms with Crippen LogP contribution in [0.4, 0.5) is 0 Å². The maximum atomic E-state index is 12.4. The van der Waals surface area contributed by atoms with E-state index in [1.54, 1.807) is 11.8 Å². The van der Waals surface area contributed by atoms with Crippen LogP contribution in [-0.2, 0) is 11.2 Å². The van der Waals surface area contributed by atoms with Crippen molar-refractivity contribution in [3.63, 3.8) is 0 Å². The average Bonchev–Trinajstić information content (AvgIpc) is 2.22. The Bertz CT molecular complexity index is 466. The second-order valence-corrected chi connectivity index (χ2v) is 7.85. The molecule has 17 heavy (non-hydrogen) atoms. The summed E-state index contributed by atoms with van der Waals surface area (Å²) in [5.41, 5.74) is 3.46. The fraction of sp³-hybridized carbons (Fsp3) is 0.533. The highest BCUT2D eigenvalue weighted by atomic mass is 32.2. The lowest BCUT2D eigenvalue weighted by molar-refractivity contribution is 0.0955. The number of hydrogen-bond donors (Lipinski definition) is 0. The van der Waals surface area contributed by atoms with Gasteiger partial charge in [-0.1, -0.05) is 32.9 Å². The van der Waals surface area contributed by atoms with Gasteiger partial charge in [0.05, 0.1) is 4.75 Å². The molecule has 92 valence electrons. The van der Waals surface area contributed by atoms with E-state index >= 15 is 0 Å². The molecule has 1 aliphatic rings. The molecule has 1 nitrogen and oxygen atoms in total. The van der Waals surface area contributed by atoms with Crippen LogP contribution in [0.1, 0.15) is 56.1 Å². The lowest BCUT2D eigenvalue weighted by Gasteiger charge is -2.30. The van der Waals surface area contributed by atoms with E-state index in [2.05, 4.69) is 39.0 Å². The normalized spacial score (nSPS) is 19.0. The van der Waals surface area contributed by atoms with Gasteiger partial charge in [-0.3, -0.25) is 4.79 Å². The first kappa shape index (κ1) is 12.7. The van der Waals surface area contributed by atoms with E-state index in [0.717, 1.165) is 11.3 Å². The zero-order chi connectivity index (χ0) is 12.8. The number of thioether (sulfide) groups is 1. The first-order valence-corrected chi connectivity index (χ1v) is 7.02. The predicted molar refractivity (Wildman–Crippen MR) is 74.8 cm³/mol. The van der Waals surface area contributed by atoms with Crippen LogP contribution in [0.2, 0.25) is 0 Å². The molecular formula is C15H20OS. The molecule has 0 aliphatic carbocycles. The Morgan fingerprint density at radius 3 is 2.47 bits per heavy atom. The van der Waals surface area contributed by atoms with Gasteiger partial charge in [-0.15, -0.1) is 11.8 Å². The third-order valence-corrected chi connectivity index (χ3v) is 4.72. The van der Waals surface area contributed by atoms with Crippen molar-refractivity contribution >= 4 is 17.5 Å². The minimum Gasteiger partial charge on any atom is -0.293 e. The van der Waals surface area contributed by atoms with Gasteiger partial charge in [0.25, 0.3) is 0 Å².